The van der Waals surface area contributed by atoms with E-state index in [2.05, 4.69) is 10.6 Å². The van der Waals surface area contributed by atoms with Gasteiger partial charge in [0.05, 0.1) is 6.61 Å². The number of carbonyl (C=O) groups is 5. The molecule has 0 spiro atoms. The topological polar surface area (TPSA) is 165 Å². The Morgan fingerprint density at radius 2 is 1.00 bits per heavy atom. The summed E-state index contributed by atoms with van der Waals surface area (Å²) in [6.07, 6.45) is -3.90. The molecule has 0 rings (SSSR count). The van der Waals surface area contributed by atoms with Gasteiger partial charge in [0.1, 0.15) is 36.5 Å². The average molecular weight is 563 g/mol. The maximum atomic E-state index is 12.7. The minimum atomic E-state index is -1.24. The van der Waals surface area contributed by atoms with E-state index in [9.17, 15) is 24.0 Å². The van der Waals surface area contributed by atoms with Crippen molar-refractivity contribution in [2.24, 2.45) is 11.8 Å². The third-order valence-electron chi connectivity index (χ3n) is 4.53. The molecule has 13 nitrogen and oxygen atoms in total. The van der Waals surface area contributed by atoms with Crippen molar-refractivity contribution < 1.29 is 52.4 Å². The van der Waals surface area contributed by atoms with E-state index in [4.69, 9.17) is 28.4 Å². The number of rotatable bonds is 12. The second-order valence-electron chi connectivity index (χ2n) is 11.4. The molecule has 13 heteroatoms. The van der Waals surface area contributed by atoms with Crippen LogP contribution < -0.4 is 10.6 Å². The first-order valence-electron chi connectivity index (χ1n) is 12.9. The SMILES string of the molecule is CCOC(=O)OC(COC(=O)[C@@H](NC(=O)OC(C)(C)C)C(C)C)COC(=O)[C@@H](NC(=O)OC(C)(C)C)C(C)C. The highest BCUT2D eigenvalue weighted by Crippen LogP contribution is 2.12. The molecule has 0 aliphatic rings. The Balaban J connectivity index is 5.37. The van der Waals surface area contributed by atoms with Crippen LogP contribution in [0.4, 0.5) is 14.4 Å². The summed E-state index contributed by atoms with van der Waals surface area (Å²) in [6, 6.07) is -2.12. The molecule has 39 heavy (non-hydrogen) atoms. The Labute approximate surface area is 230 Å². The minimum Gasteiger partial charge on any atom is -0.460 e. The number of esters is 2. The smallest absolute Gasteiger partial charge is 0.460 e. The quantitative estimate of drug-likeness (QED) is 0.263. The van der Waals surface area contributed by atoms with Crippen LogP contribution in [0.1, 0.15) is 76.2 Å². The van der Waals surface area contributed by atoms with Gasteiger partial charge in [-0.2, -0.15) is 0 Å². The van der Waals surface area contributed by atoms with Crippen molar-refractivity contribution in [2.75, 3.05) is 19.8 Å². The number of alkyl carbamates (subject to hydrolysis) is 2. The summed E-state index contributed by atoms with van der Waals surface area (Å²) in [6.45, 7) is 17.5. The van der Waals surface area contributed by atoms with Crippen LogP contribution in [0.25, 0.3) is 0 Å². The third kappa shape index (κ3) is 16.3. The Morgan fingerprint density at radius 3 is 1.28 bits per heavy atom. The summed E-state index contributed by atoms with van der Waals surface area (Å²) in [5.41, 5.74) is -1.55. The fourth-order valence-corrected chi connectivity index (χ4v) is 2.80. The number of amides is 2. The van der Waals surface area contributed by atoms with Crippen molar-refractivity contribution in [3.63, 3.8) is 0 Å². The molecule has 2 N–H and O–H groups in total. The highest BCUT2D eigenvalue weighted by molar-refractivity contribution is 5.82. The summed E-state index contributed by atoms with van der Waals surface area (Å²) in [5, 5.41) is 4.93. The normalized spacial score (nSPS) is 13.3. The highest BCUT2D eigenvalue weighted by atomic mass is 16.7. The van der Waals surface area contributed by atoms with Gasteiger partial charge in [-0.1, -0.05) is 27.7 Å². The van der Waals surface area contributed by atoms with E-state index in [1.807, 2.05) is 0 Å². The molecule has 2 amide bonds. The zero-order valence-corrected chi connectivity index (χ0v) is 25.0. The molecule has 0 saturated carbocycles. The molecule has 0 saturated heterocycles. The lowest BCUT2D eigenvalue weighted by atomic mass is 10.1. The molecule has 0 fully saturated rings. The van der Waals surface area contributed by atoms with Crippen LogP contribution >= 0.6 is 0 Å². The molecule has 226 valence electrons. The predicted molar refractivity (Wildman–Crippen MR) is 140 cm³/mol. The van der Waals surface area contributed by atoms with Gasteiger partial charge in [-0.15, -0.1) is 0 Å². The first-order chi connectivity index (χ1) is 17.8. The van der Waals surface area contributed by atoms with E-state index in [0.29, 0.717) is 0 Å². The fraction of sp³-hybridized carbons (Fsp3) is 0.808. The van der Waals surface area contributed by atoms with E-state index in [0.717, 1.165) is 0 Å². The molecule has 0 heterocycles. The van der Waals surface area contributed by atoms with Gasteiger partial charge in [0.25, 0.3) is 0 Å². The van der Waals surface area contributed by atoms with Gasteiger partial charge >= 0.3 is 30.3 Å². The lowest BCUT2D eigenvalue weighted by molar-refractivity contribution is -0.157. The molecule has 0 aromatic carbocycles. The molecule has 0 unspecified atom stereocenters. The third-order valence-corrected chi connectivity index (χ3v) is 4.53. The average Bonchev–Trinajstić information content (AvgIpc) is 2.74. The highest BCUT2D eigenvalue weighted by Gasteiger charge is 2.32. The van der Waals surface area contributed by atoms with Crippen LogP contribution in [0.2, 0.25) is 0 Å². The summed E-state index contributed by atoms with van der Waals surface area (Å²) in [4.78, 5) is 61.7. The van der Waals surface area contributed by atoms with Crippen LogP contribution in [0.15, 0.2) is 0 Å². The number of nitrogens with one attached hydrogen (secondary N) is 2. The lowest BCUT2D eigenvalue weighted by Crippen LogP contribution is -2.48. The van der Waals surface area contributed by atoms with Crippen molar-refractivity contribution in [3.05, 3.63) is 0 Å². The molecular formula is C26H46N2O11. The molecule has 2 atom stereocenters. The minimum absolute atomic E-state index is 0.0234. The second kappa shape index (κ2) is 16.0. The molecule has 0 radical (unpaired) electrons. The van der Waals surface area contributed by atoms with Crippen LogP contribution in [0.5, 0.6) is 0 Å². The molecule has 0 aliphatic heterocycles. The Hall–Kier alpha value is -3.25. The van der Waals surface area contributed by atoms with Crippen molar-refractivity contribution in [1.29, 1.82) is 0 Å². The monoisotopic (exact) mass is 562 g/mol. The molecule has 0 bridgehead atoms. The molecule has 0 aromatic rings. The van der Waals surface area contributed by atoms with E-state index in [-0.39, 0.29) is 18.4 Å². The summed E-state index contributed by atoms with van der Waals surface area (Å²) < 4.78 is 30.8. The molecular weight excluding hydrogens is 516 g/mol. The van der Waals surface area contributed by atoms with Gasteiger partial charge in [0.2, 0.25) is 0 Å². The first kappa shape index (κ1) is 35.8. The van der Waals surface area contributed by atoms with Gasteiger partial charge < -0.3 is 39.1 Å². The van der Waals surface area contributed by atoms with E-state index in [1.165, 1.54) is 0 Å². The molecule has 0 aromatic heterocycles. The summed E-state index contributed by atoms with van der Waals surface area (Å²) >= 11 is 0. The second-order valence-corrected chi connectivity index (χ2v) is 11.4. The first-order valence-corrected chi connectivity index (χ1v) is 12.9. The van der Waals surface area contributed by atoms with Gasteiger partial charge in [-0.25, -0.2) is 24.0 Å². The Kier molecular flexibility index (Phi) is 14.7. The molecule has 0 aliphatic carbocycles. The fourth-order valence-electron chi connectivity index (χ4n) is 2.80. The van der Waals surface area contributed by atoms with E-state index < -0.39 is 72.9 Å². The predicted octanol–water partition coefficient (Wildman–Crippen LogP) is 3.71. The van der Waals surface area contributed by atoms with Crippen molar-refractivity contribution >= 4 is 30.3 Å². The van der Waals surface area contributed by atoms with Gasteiger partial charge in [0, 0.05) is 0 Å². The maximum Gasteiger partial charge on any atom is 0.508 e. The van der Waals surface area contributed by atoms with Gasteiger partial charge in [-0.05, 0) is 60.3 Å². The van der Waals surface area contributed by atoms with E-state index in [1.54, 1.807) is 76.2 Å². The van der Waals surface area contributed by atoms with Gasteiger partial charge in [-0.3, -0.25) is 0 Å². The Bertz CT molecular complexity index is 771. The van der Waals surface area contributed by atoms with Crippen LogP contribution in [0, 0.1) is 11.8 Å². The van der Waals surface area contributed by atoms with Crippen LogP contribution in [-0.4, -0.2) is 79.5 Å². The van der Waals surface area contributed by atoms with Crippen molar-refractivity contribution in [3.8, 4) is 0 Å². The van der Waals surface area contributed by atoms with Crippen LogP contribution in [0.3, 0.4) is 0 Å². The zero-order chi connectivity index (χ0) is 30.6. The number of ether oxygens (including phenoxy) is 6. The summed E-state index contributed by atoms with van der Waals surface area (Å²) in [7, 11) is 0. The number of hydrogen-bond acceptors (Lipinski definition) is 11. The Morgan fingerprint density at radius 1 is 0.641 bits per heavy atom. The lowest BCUT2D eigenvalue weighted by Gasteiger charge is -2.26. The number of carbonyl (C=O) groups excluding carboxylic acids is 5. The largest absolute Gasteiger partial charge is 0.508 e. The maximum absolute atomic E-state index is 12.7. The van der Waals surface area contributed by atoms with Crippen molar-refractivity contribution in [1.82, 2.24) is 10.6 Å². The summed E-state index contributed by atoms with van der Waals surface area (Å²) in [5.74, 6) is -2.35. The van der Waals surface area contributed by atoms with Gasteiger partial charge in [0.15, 0.2) is 6.10 Å². The number of hydrogen-bond donors (Lipinski definition) is 2. The van der Waals surface area contributed by atoms with Crippen molar-refractivity contribution in [2.45, 2.75) is 106 Å². The standard InChI is InChI=1S/C26H46N2O11/c1-12-34-24(33)37-17(13-35-20(29)18(15(2)3)27-22(31)38-25(6,7)8)14-36-21(30)19(16(4)5)28-23(32)39-26(9,10)11/h15-19H,12-14H2,1-11H3,(H,27,31)(H,28,32)/t18-,19-/m0/s1. The van der Waals surface area contributed by atoms with Crippen LogP contribution in [-0.2, 0) is 38.0 Å². The van der Waals surface area contributed by atoms with E-state index >= 15 is 0 Å². The zero-order valence-electron chi connectivity index (χ0n) is 25.0.